The zero-order valence-electron chi connectivity index (χ0n) is 17.4. The molecular formula is C21H34N2O2Si. The van der Waals surface area contributed by atoms with Gasteiger partial charge < -0.3 is 4.74 Å². The van der Waals surface area contributed by atoms with Crippen molar-refractivity contribution < 1.29 is 9.53 Å². The van der Waals surface area contributed by atoms with E-state index in [1.54, 1.807) is 4.90 Å². The Kier molecular flexibility index (Phi) is 6.67. The number of carbonyl (C=O) groups excluding carboxylic acids is 1. The minimum absolute atomic E-state index is 0.255. The monoisotopic (exact) mass is 374 g/mol. The molecule has 4 nitrogen and oxygen atoms in total. The number of rotatable bonds is 6. The summed E-state index contributed by atoms with van der Waals surface area (Å²) in [6, 6.07) is 9.09. The average Bonchev–Trinajstić information content (AvgIpc) is 2.98. The maximum Gasteiger partial charge on any atom is 0.415 e. The van der Waals surface area contributed by atoms with Gasteiger partial charge in [0.15, 0.2) is 0 Å². The first kappa shape index (κ1) is 20.7. The van der Waals surface area contributed by atoms with Crippen LogP contribution in [-0.4, -0.2) is 38.1 Å². The number of aryl methyl sites for hydroxylation is 1. The van der Waals surface area contributed by atoms with Crippen LogP contribution < -0.4 is 0 Å². The number of ether oxygens (including phenoxy) is 1. The summed E-state index contributed by atoms with van der Waals surface area (Å²) < 4.78 is 5.22. The number of aliphatic imine (C=N–C) groups is 1. The number of hydrogen-bond donors (Lipinski definition) is 0. The van der Waals surface area contributed by atoms with Gasteiger partial charge in [-0.05, 0) is 19.1 Å². The van der Waals surface area contributed by atoms with Gasteiger partial charge >= 0.3 is 6.09 Å². The van der Waals surface area contributed by atoms with Gasteiger partial charge in [-0.15, -0.1) is 0 Å². The second kappa shape index (κ2) is 8.38. The Morgan fingerprint density at radius 3 is 2.04 bits per heavy atom. The van der Waals surface area contributed by atoms with E-state index in [4.69, 9.17) is 9.73 Å². The zero-order valence-corrected chi connectivity index (χ0v) is 18.4. The molecule has 1 heterocycles. The highest BCUT2D eigenvalue weighted by Crippen LogP contribution is 2.45. The zero-order chi connectivity index (χ0) is 19.5. The van der Waals surface area contributed by atoms with E-state index in [-0.39, 0.29) is 6.09 Å². The minimum Gasteiger partial charge on any atom is -0.447 e. The van der Waals surface area contributed by atoms with E-state index >= 15 is 0 Å². The van der Waals surface area contributed by atoms with Crippen molar-refractivity contribution in [1.29, 1.82) is 0 Å². The Morgan fingerprint density at radius 1 is 1.08 bits per heavy atom. The molecule has 0 saturated carbocycles. The van der Waals surface area contributed by atoms with Crippen molar-refractivity contribution in [3.05, 3.63) is 29.8 Å². The third kappa shape index (κ3) is 4.19. The van der Waals surface area contributed by atoms with Gasteiger partial charge in [-0.1, -0.05) is 75.9 Å². The van der Waals surface area contributed by atoms with E-state index in [1.807, 2.05) is 12.1 Å². The summed E-state index contributed by atoms with van der Waals surface area (Å²) >= 11 is 0. The third-order valence-corrected chi connectivity index (χ3v) is 13.4. The van der Waals surface area contributed by atoms with Gasteiger partial charge in [-0.3, -0.25) is 4.90 Å². The number of benzene rings is 1. The van der Waals surface area contributed by atoms with E-state index in [0.29, 0.717) is 29.8 Å². The summed E-state index contributed by atoms with van der Waals surface area (Å²) in [6.07, 6.45) is -0.255. The molecule has 0 unspecified atom stereocenters. The maximum atomic E-state index is 12.3. The molecule has 0 aliphatic carbocycles. The van der Waals surface area contributed by atoms with E-state index < -0.39 is 8.07 Å². The van der Waals surface area contributed by atoms with Crippen LogP contribution in [0, 0.1) is 6.92 Å². The molecule has 0 spiro atoms. The van der Waals surface area contributed by atoms with E-state index in [9.17, 15) is 4.79 Å². The molecule has 0 bridgehead atoms. The van der Waals surface area contributed by atoms with Crippen molar-refractivity contribution in [2.45, 2.75) is 71.1 Å². The van der Waals surface area contributed by atoms with Crippen molar-refractivity contribution >= 4 is 25.7 Å². The minimum atomic E-state index is -1.73. The number of cyclic esters (lactones) is 1. The highest BCUT2D eigenvalue weighted by Gasteiger charge is 2.45. The molecule has 1 aromatic rings. The molecule has 1 aliphatic rings. The quantitative estimate of drug-likeness (QED) is 0.340. The van der Waals surface area contributed by atoms with Crippen molar-refractivity contribution in [2.75, 3.05) is 13.2 Å². The fourth-order valence-corrected chi connectivity index (χ4v) is 10.5. The fraction of sp³-hybridized carbons (Fsp3) is 0.619. The first-order valence-electron chi connectivity index (χ1n) is 9.77. The molecule has 1 fully saturated rings. The van der Waals surface area contributed by atoms with Crippen molar-refractivity contribution in [3.63, 3.8) is 0 Å². The first-order valence-corrected chi connectivity index (χ1v) is 12.2. The van der Waals surface area contributed by atoms with Crippen LogP contribution in [0.4, 0.5) is 10.5 Å². The highest BCUT2D eigenvalue weighted by molar-refractivity contribution is 6.86. The third-order valence-electron chi connectivity index (χ3n) is 6.05. The number of hydrogen-bond acceptors (Lipinski definition) is 3. The first-order chi connectivity index (χ1) is 12.2. The van der Waals surface area contributed by atoms with Gasteiger partial charge in [0.2, 0.25) is 0 Å². The van der Waals surface area contributed by atoms with Gasteiger partial charge in [0.25, 0.3) is 0 Å². The molecule has 2 rings (SSSR count). The van der Waals surface area contributed by atoms with Gasteiger partial charge in [0, 0.05) is 6.04 Å². The summed E-state index contributed by atoms with van der Waals surface area (Å²) in [6.45, 7) is 17.2. The highest BCUT2D eigenvalue weighted by atomic mass is 28.3. The second-order valence-electron chi connectivity index (χ2n) is 8.38. The smallest absolute Gasteiger partial charge is 0.415 e. The lowest BCUT2D eigenvalue weighted by molar-refractivity contribution is 0.168. The Labute approximate surface area is 159 Å². The Hall–Kier alpha value is -1.62. The molecule has 0 aromatic heterocycles. The maximum absolute atomic E-state index is 12.3. The summed E-state index contributed by atoms with van der Waals surface area (Å²) in [7, 11) is -1.73. The lowest BCUT2D eigenvalue weighted by Crippen LogP contribution is -2.49. The standard InChI is InChI=1S/C21H34N2O2Si/c1-15(2)26(16(3)4,17(5)6)14-20(23-12-13-25-21(23)24)22-19-10-8-18(7)9-11-19/h8-11,15-17H,12-14H2,1-7H3. The molecule has 1 saturated heterocycles. The summed E-state index contributed by atoms with van der Waals surface area (Å²) in [5.41, 5.74) is 3.96. The van der Waals surface area contributed by atoms with E-state index in [1.165, 1.54) is 5.56 Å². The van der Waals surface area contributed by atoms with Crippen LogP contribution in [0.2, 0.25) is 22.7 Å². The second-order valence-corrected chi connectivity index (χ2v) is 14.4. The van der Waals surface area contributed by atoms with Crippen molar-refractivity contribution in [1.82, 2.24) is 4.90 Å². The van der Waals surface area contributed by atoms with Crippen LogP contribution in [0.25, 0.3) is 0 Å². The van der Waals surface area contributed by atoms with Crippen LogP contribution in [0.15, 0.2) is 29.3 Å². The number of amidine groups is 1. The molecule has 26 heavy (non-hydrogen) atoms. The molecule has 0 radical (unpaired) electrons. The largest absolute Gasteiger partial charge is 0.447 e. The molecule has 0 N–H and O–H groups in total. The SMILES string of the molecule is Cc1ccc(N=C(C[Si](C(C)C)(C(C)C)C(C)C)N2CCOC2=O)cc1. The Morgan fingerprint density at radius 2 is 1.62 bits per heavy atom. The normalized spacial score (nSPS) is 16.2. The van der Waals surface area contributed by atoms with Crippen molar-refractivity contribution in [3.8, 4) is 0 Å². The number of carbonyl (C=O) groups is 1. The average molecular weight is 375 g/mol. The molecular weight excluding hydrogens is 340 g/mol. The van der Waals surface area contributed by atoms with Crippen molar-refractivity contribution in [2.24, 2.45) is 4.99 Å². The van der Waals surface area contributed by atoms with Gasteiger partial charge in [0.05, 0.1) is 20.3 Å². The van der Waals surface area contributed by atoms with Gasteiger partial charge in [-0.2, -0.15) is 0 Å². The molecule has 5 heteroatoms. The Bertz CT molecular complexity index is 629. The van der Waals surface area contributed by atoms with E-state index in [0.717, 1.165) is 17.6 Å². The van der Waals surface area contributed by atoms with Crippen LogP contribution in [-0.2, 0) is 4.74 Å². The fourth-order valence-electron chi connectivity index (χ4n) is 4.48. The predicted octanol–water partition coefficient (Wildman–Crippen LogP) is 6.16. The topological polar surface area (TPSA) is 41.9 Å². The van der Waals surface area contributed by atoms with Crippen LogP contribution in [0.3, 0.4) is 0 Å². The van der Waals surface area contributed by atoms with Crippen LogP contribution in [0.5, 0.6) is 0 Å². The lowest BCUT2D eigenvalue weighted by atomic mass is 10.2. The predicted molar refractivity (Wildman–Crippen MR) is 112 cm³/mol. The van der Waals surface area contributed by atoms with Crippen LogP contribution in [0.1, 0.15) is 47.1 Å². The number of amides is 1. The lowest BCUT2D eigenvalue weighted by Gasteiger charge is -2.44. The van der Waals surface area contributed by atoms with Gasteiger partial charge in [0.1, 0.15) is 12.4 Å². The molecule has 1 aliphatic heterocycles. The summed E-state index contributed by atoms with van der Waals surface area (Å²) in [4.78, 5) is 19.0. The summed E-state index contributed by atoms with van der Waals surface area (Å²) in [5.74, 6) is 0.888. The molecule has 1 aromatic carbocycles. The number of nitrogens with zero attached hydrogens (tertiary/aromatic N) is 2. The molecule has 144 valence electrons. The van der Waals surface area contributed by atoms with E-state index in [2.05, 4.69) is 60.6 Å². The summed E-state index contributed by atoms with van der Waals surface area (Å²) in [5, 5.41) is 0. The van der Waals surface area contributed by atoms with Gasteiger partial charge in [-0.25, -0.2) is 9.79 Å². The Balaban J connectivity index is 2.49. The molecule has 1 amide bonds. The molecule has 0 atom stereocenters. The van der Waals surface area contributed by atoms with Crippen LogP contribution >= 0.6 is 0 Å².